The lowest BCUT2D eigenvalue weighted by molar-refractivity contribution is 0.377. The van der Waals surface area contributed by atoms with Crippen molar-refractivity contribution in [3.63, 3.8) is 0 Å². The summed E-state index contributed by atoms with van der Waals surface area (Å²) in [6.07, 6.45) is 1.13. The minimum Gasteiger partial charge on any atom is -0.389 e. The number of hydrogen-bond acceptors (Lipinski definition) is 2. The summed E-state index contributed by atoms with van der Waals surface area (Å²) in [6.45, 7) is 9.68. The average molecular weight is 250 g/mol. The summed E-state index contributed by atoms with van der Waals surface area (Å²) in [4.78, 5) is 0.446. The molecule has 3 N–H and O–H groups in total. The van der Waals surface area contributed by atoms with Crippen molar-refractivity contribution in [1.29, 1.82) is 0 Å². The molecule has 0 bridgehead atoms. The largest absolute Gasteiger partial charge is 0.389 e. The highest BCUT2D eigenvalue weighted by Crippen LogP contribution is 2.23. The normalized spacial score (nSPS) is 11.3. The molecule has 0 aliphatic heterocycles. The second-order valence-electron chi connectivity index (χ2n) is 5.28. The summed E-state index contributed by atoms with van der Waals surface area (Å²) in [5.74, 6) is 0. The predicted octanol–water partition coefficient (Wildman–Crippen LogP) is 3.48. The lowest BCUT2D eigenvalue weighted by Crippen LogP contribution is -2.23. The molecule has 1 aromatic rings. The molecule has 94 valence electrons. The van der Waals surface area contributed by atoms with Crippen molar-refractivity contribution in [3.05, 3.63) is 29.3 Å². The smallest absolute Gasteiger partial charge is 0.106 e. The van der Waals surface area contributed by atoms with E-state index in [0.29, 0.717) is 4.99 Å². The Morgan fingerprint density at radius 2 is 2.06 bits per heavy atom. The van der Waals surface area contributed by atoms with Crippen molar-refractivity contribution < 1.29 is 0 Å². The van der Waals surface area contributed by atoms with E-state index in [2.05, 4.69) is 39.1 Å². The standard InChI is InChI=1S/C14H22N2S/c1-5-14(3,4)9-16-12-8-10(2)6-7-11(12)13(15)17/h6-8,16H,5,9H2,1-4H3,(H2,15,17). The molecule has 0 atom stereocenters. The van der Waals surface area contributed by atoms with Gasteiger partial charge in [0, 0.05) is 17.8 Å². The van der Waals surface area contributed by atoms with Crippen molar-refractivity contribution in [2.75, 3.05) is 11.9 Å². The SMILES string of the molecule is CCC(C)(C)CNc1cc(C)ccc1C(N)=S. The molecule has 0 heterocycles. The molecule has 1 aromatic carbocycles. The van der Waals surface area contributed by atoms with E-state index < -0.39 is 0 Å². The Morgan fingerprint density at radius 1 is 1.41 bits per heavy atom. The van der Waals surface area contributed by atoms with Gasteiger partial charge in [0.25, 0.3) is 0 Å². The van der Waals surface area contributed by atoms with Gasteiger partial charge in [-0.2, -0.15) is 0 Å². The van der Waals surface area contributed by atoms with E-state index in [9.17, 15) is 0 Å². The number of nitrogens with two attached hydrogens (primary N) is 1. The van der Waals surface area contributed by atoms with Crippen LogP contribution in [0.25, 0.3) is 0 Å². The van der Waals surface area contributed by atoms with Crippen LogP contribution >= 0.6 is 12.2 Å². The fraction of sp³-hybridized carbons (Fsp3) is 0.500. The van der Waals surface area contributed by atoms with Crippen LogP contribution in [0.2, 0.25) is 0 Å². The van der Waals surface area contributed by atoms with Crippen LogP contribution in [-0.4, -0.2) is 11.5 Å². The third-order valence-electron chi connectivity index (χ3n) is 3.16. The summed E-state index contributed by atoms with van der Waals surface area (Å²) in [6, 6.07) is 6.11. The molecule has 0 fully saturated rings. The first kappa shape index (κ1) is 14.0. The molecule has 17 heavy (non-hydrogen) atoms. The van der Waals surface area contributed by atoms with E-state index in [0.717, 1.165) is 24.2 Å². The molecule has 0 saturated carbocycles. The predicted molar refractivity (Wildman–Crippen MR) is 79.6 cm³/mol. The number of nitrogens with one attached hydrogen (secondary N) is 1. The zero-order chi connectivity index (χ0) is 13.1. The lowest BCUT2D eigenvalue weighted by atomic mass is 9.90. The molecule has 0 radical (unpaired) electrons. The Bertz CT molecular complexity index is 411. The van der Waals surface area contributed by atoms with Gasteiger partial charge in [0.1, 0.15) is 4.99 Å². The van der Waals surface area contributed by atoms with Crippen LogP contribution in [0.3, 0.4) is 0 Å². The van der Waals surface area contributed by atoms with Crippen LogP contribution in [0.4, 0.5) is 5.69 Å². The van der Waals surface area contributed by atoms with Gasteiger partial charge in [0.15, 0.2) is 0 Å². The Hall–Kier alpha value is -1.09. The maximum absolute atomic E-state index is 5.73. The van der Waals surface area contributed by atoms with Crippen LogP contribution < -0.4 is 11.1 Å². The molecule has 2 nitrogen and oxygen atoms in total. The minimum absolute atomic E-state index is 0.275. The van der Waals surface area contributed by atoms with Gasteiger partial charge >= 0.3 is 0 Å². The summed E-state index contributed by atoms with van der Waals surface area (Å²) in [7, 11) is 0. The minimum atomic E-state index is 0.275. The summed E-state index contributed by atoms with van der Waals surface area (Å²) in [5.41, 5.74) is 9.18. The van der Waals surface area contributed by atoms with E-state index in [1.54, 1.807) is 0 Å². The van der Waals surface area contributed by atoms with Gasteiger partial charge in [0.05, 0.1) is 0 Å². The number of rotatable bonds is 5. The zero-order valence-corrected chi connectivity index (χ0v) is 11.9. The summed E-state index contributed by atoms with van der Waals surface area (Å²) in [5, 5.41) is 3.46. The van der Waals surface area contributed by atoms with Gasteiger partial charge in [-0.05, 0) is 36.5 Å². The van der Waals surface area contributed by atoms with Crippen LogP contribution in [0.5, 0.6) is 0 Å². The first-order valence-electron chi connectivity index (χ1n) is 6.00. The van der Waals surface area contributed by atoms with Gasteiger partial charge in [-0.15, -0.1) is 0 Å². The summed E-state index contributed by atoms with van der Waals surface area (Å²) >= 11 is 5.07. The van der Waals surface area contributed by atoms with E-state index in [-0.39, 0.29) is 5.41 Å². The molecular formula is C14H22N2S. The Morgan fingerprint density at radius 3 is 2.59 bits per heavy atom. The maximum atomic E-state index is 5.73. The van der Waals surface area contributed by atoms with Gasteiger partial charge in [-0.25, -0.2) is 0 Å². The number of benzene rings is 1. The number of hydrogen-bond donors (Lipinski definition) is 2. The van der Waals surface area contributed by atoms with Gasteiger partial charge in [-0.1, -0.05) is 39.1 Å². The van der Waals surface area contributed by atoms with Crippen LogP contribution in [-0.2, 0) is 0 Å². The first-order valence-corrected chi connectivity index (χ1v) is 6.41. The maximum Gasteiger partial charge on any atom is 0.106 e. The molecule has 0 aliphatic rings. The highest BCUT2D eigenvalue weighted by atomic mass is 32.1. The lowest BCUT2D eigenvalue weighted by Gasteiger charge is -2.24. The quantitative estimate of drug-likeness (QED) is 0.786. The zero-order valence-electron chi connectivity index (χ0n) is 11.1. The van der Waals surface area contributed by atoms with Crippen molar-refractivity contribution in [3.8, 4) is 0 Å². The fourth-order valence-corrected chi connectivity index (χ4v) is 1.66. The Kier molecular flexibility index (Phi) is 4.52. The third-order valence-corrected chi connectivity index (χ3v) is 3.37. The first-order chi connectivity index (χ1) is 7.85. The Balaban J connectivity index is 2.89. The van der Waals surface area contributed by atoms with Crippen LogP contribution in [0, 0.1) is 12.3 Å². The van der Waals surface area contributed by atoms with Crippen LogP contribution in [0.15, 0.2) is 18.2 Å². The summed E-state index contributed by atoms with van der Waals surface area (Å²) < 4.78 is 0. The van der Waals surface area contributed by atoms with E-state index in [1.165, 1.54) is 5.56 Å². The average Bonchev–Trinajstić information content (AvgIpc) is 2.26. The molecule has 0 amide bonds. The molecule has 0 aromatic heterocycles. The van der Waals surface area contributed by atoms with Gasteiger partial charge in [0.2, 0.25) is 0 Å². The third kappa shape index (κ3) is 4.00. The highest BCUT2D eigenvalue weighted by Gasteiger charge is 2.15. The highest BCUT2D eigenvalue weighted by molar-refractivity contribution is 7.80. The van der Waals surface area contributed by atoms with Crippen molar-refractivity contribution in [2.45, 2.75) is 34.1 Å². The molecule has 0 unspecified atom stereocenters. The van der Waals surface area contributed by atoms with Gasteiger partial charge in [-0.3, -0.25) is 0 Å². The second kappa shape index (κ2) is 5.50. The van der Waals surface area contributed by atoms with Crippen LogP contribution in [0.1, 0.15) is 38.3 Å². The monoisotopic (exact) mass is 250 g/mol. The number of thiocarbonyl (C=S) groups is 1. The molecule has 0 spiro atoms. The van der Waals surface area contributed by atoms with E-state index in [1.807, 2.05) is 12.1 Å². The fourth-order valence-electron chi connectivity index (χ4n) is 1.48. The Labute approximate surface area is 110 Å². The molecule has 0 saturated heterocycles. The van der Waals surface area contributed by atoms with Crippen molar-refractivity contribution >= 4 is 22.9 Å². The van der Waals surface area contributed by atoms with Crippen molar-refractivity contribution in [2.24, 2.45) is 11.1 Å². The van der Waals surface area contributed by atoms with E-state index >= 15 is 0 Å². The van der Waals surface area contributed by atoms with Crippen molar-refractivity contribution in [1.82, 2.24) is 0 Å². The van der Waals surface area contributed by atoms with E-state index in [4.69, 9.17) is 18.0 Å². The van der Waals surface area contributed by atoms with Gasteiger partial charge < -0.3 is 11.1 Å². The topological polar surface area (TPSA) is 38.0 Å². The number of aryl methyl sites for hydroxylation is 1. The molecule has 1 rings (SSSR count). The molecule has 0 aliphatic carbocycles. The number of anilines is 1. The molecule has 3 heteroatoms. The second-order valence-corrected chi connectivity index (χ2v) is 5.72. The molecular weight excluding hydrogens is 228 g/mol.